The first kappa shape index (κ1) is 21.6. The van der Waals surface area contributed by atoms with Crippen LogP contribution < -0.4 is 15.8 Å². The van der Waals surface area contributed by atoms with E-state index in [0.717, 1.165) is 11.3 Å². The van der Waals surface area contributed by atoms with Gasteiger partial charge in [-0.2, -0.15) is 0 Å². The molecule has 0 fully saturated rings. The molecule has 9 heteroatoms. The Morgan fingerprint density at radius 2 is 1.65 bits per heavy atom. The summed E-state index contributed by atoms with van der Waals surface area (Å²) in [5.41, 5.74) is 7.85. The molecule has 0 aliphatic heterocycles. The van der Waals surface area contributed by atoms with Gasteiger partial charge in [0.1, 0.15) is 18.1 Å². The monoisotopic (exact) mass is 423 g/mol. The summed E-state index contributed by atoms with van der Waals surface area (Å²) >= 11 is 0. The Balaban J connectivity index is 1.47. The predicted molar refractivity (Wildman–Crippen MR) is 111 cm³/mol. The van der Waals surface area contributed by atoms with Gasteiger partial charge in [-0.05, 0) is 62.4 Å². The highest BCUT2D eigenvalue weighted by atomic mass is 16.5. The second kappa shape index (κ2) is 9.57. The number of primary amides is 1. The summed E-state index contributed by atoms with van der Waals surface area (Å²) < 4.78 is 15.8. The molecule has 1 aromatic heterocycles. The number of nitrogens with zero attached hydrogens (tertiary/aromatic N) is 1. The third kappa shape index (κ3) is 5.69. The second-order valence-corrected chi connectivity index (χ2v) is 6.68. The van der Waals surface area contributed by atoms with Crippen LogP contribution in [0.3, 0.4) is 0 Å². The SMILES string of the molecule is Cc1noc(C)c1COc1ccc(C(=O)OCC(=O)Nc2ccc(C(N)=O)cc2)cc1. The van der Waals surface area contributed by atoms with Crippen molar-refractivity contribution < 1.29 is 28.4 Å². The molecular formula is C22H21N3O6. The summed E-state index contributed by atoms with van der Waals surface area (Å²) in [6.07, 6.45) is 0. The van der Waals surface area contributed by atoms with Gasteiger partial charge in [-0.15, -0.1) is 0 Å². The standard InChI is InChI=1S/C22H21N3O6/c1-13-19(14(2)31-25-13)11-29-18-9-5-16(6-10-18)22(28)30-12-20(26)24-17-7-3-15(4-8-17)21(23)27/h3-10H,11-12H2,1-2H3,(H2,23,27)(H,24,26). The van der Waals surface area contributed by atoms with Gasteiger partial charge in [-0.1, -0.05) is 5.16 Å². The van der Waals surface area contributed by atoms with Gasteiger partial charge >= 0.3 is 5.97 Å². The fraction of sp³-hybridized carbons (Fsp3) is 0.182. The van der Waals surface area contributed by atoms with Crippen LogP contribution in [0.5, 0.6) is 5.75 Å². The Labute approximate surface area is 178 Å². The maximum absolute atomic E-state index is 12.2. The number of carbonyl (C=O) groups excluding carboxylic acids is 3. The molecule has 0 saturated carbocycles. The van der Waals surface area contributed by atoms with E-state index in [9.17, 15) is 14.4 Å². The van der Waals surface area contributed by atoms with E-state index < -0.39 is 24.4 Å². The van der Waals surface area contributed by atoms with E-state index in [-0.39, 0.29) is 5.56 Å². The third-order valence-corrected chi connectivity index (χ3v) is 4.44. The lowest BCUT2D eigenvalue weighted by molar-refractivity contribution is -0.119. The van der Waals surface area contributed by atoms with E-state index in [1.165, 1.54) is 24.3 Å². The minimum atomic E-state index is -0.642. The minimum Gasteiger partial charge on any atom is -0.489 e. The molecule has 0 aliphatic carbocycles. The first-order chi connectivity index (χ1) is 14.8. The molecule has 0 saturated heterocycles. The number of nitrogens with two attached hydrogens (primary N) is 1. The Morgan fingerprint density at radius 1 is 1.00 bits per heavy atom. The van der Waals surface area contributed by atoms with Gasteiger partial charge in [-0.25, -0.2) is 4.79 Å². The van der Waals surface area contributed by atoms with Crippen LogP contribution in [0.15, 0.2) is 53.1 Å². The highest BCUT2D eigenvalue weighted by Crippen LogP contribution is 2.18. The molecule has 3 N–H and O–H groups in total. The minimum absolute atomic E-state index is 0.281. The number of amides is 2. The molecule has 160 valence electrons. The Bertz CT molecular complexity index is 1070. The molecule has 0 atom stereocenters. The van der Waals surface area contributed by atoms with Gasteiger partial charge in [0.25, 0.3) is 5.91 Å². The normalized spacial score (nSPS) is 10.4. The molecule has 3 rings (SSSR count). The first-order valence-electron chi connectivity index (χ1n) is 9.35. The van der Waals surface area contributed by atoms with E-state index in [0.29, 0.717) is 29.4 Å². The number of anilines is 1. The fourth-order valence-electron chi connectivity index (χ4n) is 2.68. The van der Waals surface area contributed by atoms with Crippen LogP contribution in [0.4, 0.5) is 5.69 Å². The Kier molecular flexibility index (Phi) is 6.66. The lowest BCUT2D eigenvalue weighted by Gasteiger charge is -2.08. The van der Waals surface area contributed by atoms with Gasteiger partial charge in [0.05, 0.1) is 16.8 Å². The number of benzene rings is 2. The molecule has 1 heterocycles. The molecule has 0 unspecified atom stereocenters. The first-order valence-corrected chi connectivity index (χ1v) is 9.35. The molecular weight excluding hydrogens is 402 g/mol. The quantitative estimate of drug-likeness (QED) is 0.532. The van der Waals surface area contributed by atoms with E-state index >= 15 is 0 Å². The van der Waals surface area contributed by atoms with Crippen molar-refractivity contribution in [2.24, 2.45) is 5.73 Å². The van der Waals surface area contributed by atoms with Crippen molar-refractivity contribution in [3.05, 3.63) is 76.7 Å². The molecule has 0 spiro atoms. The topological polar surface area (TPSA) is 134 Å². The van der Waals surface area contributed by atoms with E-state index in [1.807, 2.05) is 13.8 Å². The number of rotatable bonds is 8. The average Bonchev–Trinajstić information content (AvgIpc) is 3.08. The van der Waals surface area contributed by atoms with Crippen LogP contribution in [0, 0.1) is 13.8 Å². The van der Waals surface area contributed by atoms with Crippen molar-refractivity contribution in [3.63, 3.8) is 0 Å². The summed E-state index contributed by atoms with van der Waals surface area (Å²) in [4.78, 5) is 35.2. The molecule has 2 aromatic carbocycles. The maximum atomic E-state index is 12.2. The zero-order chi connectivity index (χ0) is 22.4. The number of hydrogen-bond donors (Lipinski definition) is 2. The van der Waals surface area contributed by atoms with Crippen LogP contribution >= 0.6 is 0 Å². The molecule has 9 nitrogen and oxygen atoms in total. The summed E-state index contributed by atoms with van der Waals surface area (Å²) in [6, 6.07) is 12.4. The van der Waals surface area contributed by atoms with Crippen molar-refractivity contribution in [2.45, 2.75) is 20.5 Å². The molecule has 3 aromatic rings. The van der Waals surface area contributed by atoms with Crippen molar-refractivity contribution in [1.29, 1.82) is 0 Å². The summed E-state index contributed by atoms with van der Waals surface area (Å²) in [5.74, 6) is -0.462. The van der Waals surface area contributed by atoms with Crippen LogP contribution in [0.25, 0.3) is 0 Å². The average molecular weight is 423 g/mol. The summed E-state index contributed by atoms with van der Waals surface area (Å²) in [6.45, 7) is 3.48. The van der Waals surface area contributed by atoms with Gasteiger partial charge in [-0.3, -0.25) is 9.59 Å². The molecule has 31 heavy (non-hydrogen) atoms. The highest BCUT2D eigenvalue weighted by Gasteiger charge is 2.12. The number of esters is 1. The number of aromatic nitrogens is 1. The third-order valence-electron chi connectivity index (χ3n) is 4.44. The van der Waals surface area contributed by atoms with Gasteiger partial charge in [0, 0.05) is 11.3 Å². The zero-order valence-corrected chi connectivity index (χ0v) is 17.0. The van der Waals surface area contributed by atoms with Crippen molar-refractivity contribution in [3.8, 4) is 5.75 Å². The lowest BCUT2D eigenvalue weighted by atomic mass is 10.2. The molecule has 0 aliphatic rings. The number of nitrogens with one attached hydrogen (secondary N) is 1. The molecule has 0 radical (unpaired) electrons. The van der Waals surface area contributed by atoms with Crippen molar-refractivity contribution in [2.75, 3.05) is 11.9 Å². The lowest BCUT2D eigenvalue weighted by Crippen LogP contribution is -2.21. The fourth-order valence-corrected chi connectivity index (χ4v) is 2.68. The van der Waals surface area contributed by atoms with Crippen LogP contribution in [0.1, 0.15) is 37.7 Å². The zero-order valence-electron chi connectivity index (χ0n) is 17.0. The Hall–Kier alpha value is -4.14. The number of aryl methyl sites for hydroxylation is 2. The van der Waals surface area contributed by atoms with Crippen LogP contribution in [0.2, 0.25) is 0 Å². The van der Waals surface area contributed by atoms with Crippen LogP contribution in [-0.2, 0) is 16.1 Å². The smallest absolute Gasteiger partial charge is 0.338 e. The summed E-state index contributed by atoms with van der Waals surface area (Å²) in [5, 5.41) is 6.43. The van der Waals surface area contributed by atoms with Gasteiger partial charge < -0.3 is 25.0 Å². The highest BCUT2D eigenvalue weighted by molar-refractivity contribution is 5.96. The van der Waals surface area contributed by atoms with E-state index in [2.05, 4.69) is 10.5 Å². The second-order valence-electron chi connectivity index (χ2n) is 6.68. The maximum Gasteiger partial charge on any atom is 0.338 e. The van der Waals surface area contributed by atoms with Gasteiger partial charge in [0.15, 0.2) is 6.61 Å². The predicted octanol–water partition coefficient (Wildman–Crippen LogP) is 2.76. The number of hydrogen-bond acceptors (Lipinski definition) is 7. The van der Waals surface area contributed by atoms with Crippen LogP contribution in [-0.4, -0.2) is 29.5 Å². The van der Waals surface area contributed by atoms with Gasteiger partial charge in [0.2, 0.25) is 5.91 Å². The number of ether oxygens (including phenoxy) is 2. The van der Waals surface area contributed by atoms with E-state index in [4.69, 9.17) is 19.7 Å². The number of carbonyl (C=O) groups is 3. The van der Waals surface area contributed by atoms with E-state index in [1.54, 1.807) is 24.3 Å². The Morgan fingerprint density at radius 3 is 2.23 bits per heavy atom. The molecule has 2 amide bonds. The van der Waals surface area contributed by atoms with Crippen molar-refractivity contribution >= 4 is 23.5 Å². The summed E-state index contributed by atoms with van der Waals surface area (Å²) in [7, 11) is 0. The largest absolute Gasteiger partial charge is 0.489 e. The molecule has 0 bridgehead atoms. The van der Waals surface area contributed by atoms with Crippen molar-refractivity contribution in [1.82, 2.24) is 5.16 Å².